The zero-order valence-corrected chi connectivity index (χ0v) is 8.07. The van der Waals surface area contributed by atoms with E-state index in [1.54, 1.807) is 0 Å². The smallest absolute Gasteiger partial charge is 0.0974 e. The highest BCUT2D eigenvalue weighted by Crippen LogP contribution is 2.14. The summed E-state index contributed by atoms with van der Waals surface area (Å²) in [5.41, 5.74) is 0.834. The minimum absolute atomic E-state index is 0.432. The molecule has 1 aromatic heterocycles. The van der Waals surface area contributed by atoms with Crippen LogP contribution in [0.15, 0.2) is 6.20 Å². The van der Waals surface area contributed by atoms with Gasteiger partial charge in [0.25, 0.3) is 0 Å². The van der Waals surface area contributed by atoms with E-state index in [4.69, 9.17) is 16.3 Å². The molecule has 0 aliphatic carbocycles. The molecule has 0 saturated carbocycles. The molecular formula is C8H12ClN3O. The Balaban J connectivity index is 1.92. The van der Waals surface area contributed by atoms with Gasteiger partial charge in [-0.2, -0.15) is 0 Å². The van der Waals surface area contributed by atoms with Crippen molar-refractivity contribution >= 4 is 11.6 Å². The predicted octanol–water partition coefficient (Wildman–Crippen LogP) is 1.05. The average Bonchev–Trinajstić information content (AvgIpc) is 2.76. The molecular weight excluding hydrogens is 190 g/mol. The first kappa shape index (κ1) is 8.97. The summed E-state index contributed by atoms with van der Waals surface area (Å²) in [6, 6.07) is 0. The normalized spacial score (nSPS) is 22.4. The average molecular weight is 202 g/mol. The van der Waals surface area contributed by atoms with E-state index >= 15 is 0 Å². The third-order valence-corrected chi connectivity index (χ3v) is 2.47. The van der Waals surface area contributed by atoms with Crippen molar-refractivity contribution in [1.82, 2.24) is 15.0 Å². The highest BCUT2D eigenvalue weighted by Gasteiger charge is 2.16. The molecule has 1 atom stereocenters. The second-order valence-corrected chi connectivity index (χ2v) is 3.56. The number of nitrogens with zero attached hydrogens (tertiary/aromatic N) is 3. The Kier molecular flexibility index (Phi) is 2.80. The van der Waals surface area contributed by atoms with Crippen LogP contribution in [0, 0.1) is 5.92 Å². The van der Waals surface area contributed by atoms with Gasteiger partial charge in [0.15, 0.2) is 0 Å². The fraction of sp³-hybridized carbons (Fsp3) is 0.750. The minimum Gasteiger partial charge on any atom is -0.381 e. The molecule has 1 saturated heterocycles. The lowest BCUT2D eigenvalue weighted by atomic mass is 10.1. The van der Waals surface area contributed by atoms with Crippen LogP contribution in [0.2, 0.25) is 0 Å². The van der Waals surface area contributed by atoms with Crippen molar-refractivity contribution in [3.8, 4) is 0 Å². The largest absolute Gasteiger partial charge is 0.381 e. The van der Waals surface area contributed by atoms with Gasteiger partial charge in [0, 0.05) is 25.3 Å². The van der Waals surface area contributed by atoms with Crippen LogP contribution in [0.4, 0.5) is 0 Å². The van der Waals surface area contributed by atoms with E-state index in [0.717, 1.165) is 31.9 Å². The molecule has 0 N–H and O–H groups in total. The van der Waals surface area contributed by atoms with Gasteiger partial charge in [-0.1, -0.05) is 5.21 Å². The molecule has 13 heavy (non-hydrogen) atoms. The van der Waals surface area contributed by atoms with Gasteiger partial charge < -0.3 is 4.74 Å². The van der Waals surface area contributed by atoms with Crippen LogP contribution >= 0.6 is 11.6 Å². The molecule has 0 radical (unpaired) electrons. The maximum Gasteiger partial charge on any atom is 0.0974 e. The van der Waals surface area contributed by atoms with Crippen molar-refractivity contribution in [3.05, 3.63) is 11.9 Å². The molecule has 0 aromatic carbocycles. The first-order valence-corrected chi connectivity index (χ1v) is 4.94. The third-order valence-electron chi connectivity index (χ3n) is 2.19. The molecule has 2 heterocycles. The van der Waals surface area contributed by atoms with Gasteiger partial charge >= 0.3 is 0 Å². The van der Waals surface area contributed by atoms with Crippen molar-refractivity contribution in [2.75, 3.05) is 13.2 Å². The molecule has 5 heteroatoms. The van der Waals surface area contributed by atoms with E-state index in [9.17, 15) is 0 Å². The molecule has 4 nitrogen and oxygen atoms in total. The molecule has 72 valence electrons. The van der Waals surface area contributed by atoms with E-state index in [2.05, 4.69) is 10.3 Å². The highest BCUT2D eigenvalue weighted by atomic mass is 35.5. The Morgan fingerprint density at radius 3 is 3.23 bits per heavy atom. The molecule has 1 aliphatic rings. The Bertz CT molecular complexity index is 270. The Morgan fingerprint density at radius 1 is 1.69 bits per heavy atom. The Morgan fingerprint density at radius 2 is 2.62 bits per heavy atom. The van der Waals surface area contributed by atoms with Crippen molar-refractivity contribution in [1.29, 1.82) is 0 Å². The van der Waals surface area contributed by atoms with Crippen LogP contribution in [0.5, 0.6) is 0 Å². The summed E-state index contributed by atoms with van der Waals surface area (Å²) in [5, 5.41) is 7.89. The number of hydrogen-bond acceptors (Lipinski definition) is 3. The first-order chi connectivity index (χ1) is 6.38. The van der Waals surface area contributed by atoms with Crippen LogP contribution < -0.4 is 0 Å². The SMILES string of the molecule is ClCc1cn(C[C@@H]2CCOC2)nn1. The van der Waals surface area contributed by atoms with E-state index in [1.807, 2.05) is 10.9 Å². The zero-order valence-electron chi connectivity index (χ0n) is 7.32. The number of alkyl halides is 1. The maximum absolute atomic E-state index is 5.62. The summed E-state index contributed by atoms with van der Waals surface area (Å²) in [6.07, 6.45) is 3.02. The van der Waals surface area contributed by atoms with Crippen molar-refractivity contribution in [2.24, 2.45) is 5.92 Å². The standard InChI is InChI=1S/C8H12ClN3O/c9-3-8-5-12(11-10-8)4-7-1-2-13-6-7/h5,7H,1-4,6H2/t7-/m0/s1. The fourth-order valence-electron chi connectivity index (χ4n) is 1.48. The summed E-state index contributed by atoms with van der Waals surface area (Å²) >= 11 is 5.62. The van der Waals surface area contributed by atoms with Crippen LogP contribution in [0.3, 0.4) is 0 Å². The first-order valence-electron chi connectivity index (χ1n) is 4.41. The lowest BCUT2D eigenvalue weighted by molar-refractivity contribution is 0.181. The number of aromatic nitrogens is 3. The molecule has 2 rings (SSSR count). The number of halogens is 1. The van der Waals surface area contributed by atoms with Crippen molar-refractivity contribution in [3.63, 3.8) is 0 Å². The second-order valence-electron chi connectivity index (χ2n) is 3.30. The molecule has 1 aliphatic heterocycles. The van der Waals surface area contributed by atoms with Gasteiger partial charge in [0.05, 0.1) is 18.2 Å². The Hall–Kier alpha value is -0.610. The van der Waals surface area contributed by atoms with Gasteiger partial charge in [-0.15, -0.1) is 16.7 Å². The topological polar surface area (TPSA) is 39.9 Å². The van der Waals surface area contributed by atoms with Gasteiger partial charge in [-0.25, -0.2) is 0 Å². The van der Waals surface area contributed by atoms with Gasteiger partial charge in [0.1, 0.15) is 0 Å². The monoisotopic (exact) mass is 201 g/mol. The van der Waals surface area contributed by atoms with Crippen LogP contribution in [-0.4, -0.2) is 28.2 Å². The third kappa shape index (κ3) is 2.19. The summed E-state index contributed by atoms with van der Waals surface area (Å²) in [6.45, 7) is 2.61. The van der Waals surface area contributed by atoms with Gasteiger partial charge in [0.2, 0.25) is 0 Å². The second kappa shape index (κ2) is 4.07. The van der Waals surface area contributed by atoms with Gasteiger partial charge in [-0.3, -0.25) is 4.68 Å². The minimum atomic E-state index is 0.432. The van der Waals surface area contributed by atoms with Crippen molar-refractivity contribution < 1.29 is 4.74 Å². The summed E-state index contributed by atoms with van der Waals surface area (Å²) < 4.78 is 7.12. The molecule has 0 bridgehead atoms. The summed E-state index contributed by atoms with van der Waals surface area (Å²) in [5.74, 6) is 1.02. The number of rotatable bonds is 3. The van der Waals surface area contributed by atoms with Crippen molar-refractivity contribution in [2.45, 2.75) is 18.8 Å². The fourth-order valence-corrected chi connectivity index (χ4v) is 1.60. The van der Waals surface area contributed by atoms with E-state index in [1.165, 1.54) is 0 Å². The molecule has 0 unspecified atom stereocenters. The Labute approximate surface area is 81.8 Å². The van der Waals surface area contributed by atoms with Crippen LogP contribution in [0.1, 0.15) is 12.1 Å². The van der Waals surface area contributed by atoms with Crippen LogP contribution in [-0.2, 0) is 17.2 Å². The summed E-state index contributed by atoms with van der Waals surface area (Å²) in [4.78, 5) is 0. The van der Waals surface area contributed by atoms with E-state index in [0.29, 0.717) is 11.8 Å². The highest BCUT2D eigenvalue weighted by molar-refractivity contribution is 6.16. The number of ether oxygens (including phenoxy) is 1. The lowest BCUT2D eigenvalue weighted by Crippen LogP contribution is -2.10. The quantitative estimate of drug-likeness (QED) is 0.687. The molecule has 0 spiro atoms. The molecule has 1 fully saturated rings. The van der Waals surface area contributed by atoms with E-state index in [-0.39, 0.29) is 0 Å². The predicted molar refractivity (Wildman–Crippen MR) is 48.5 cm³/mol. The summed E-state index contributed by atoms with van der Waals surface area (Å²) in [7, 11) is 0. The van der Waals surface area contributed by atoms with E-state index < -0.39 is 0 Å². The molecule has 0 amide bonds. The maximum atomic E-state index is 5.62. The lowest BCUT2D eigenvalue weighted by Gasteiger charge is -2.05. The molecule has 1 aromatic rings. The number of hydrogen-bond donors (Lipinski definition) is 0. The van der Waals surface area contributed by atoms with Crippen LogP contribution in [0.25, 0.3) is 0 Å². The zero-order chi connectivity index (χ0) is 9.10. The van der Waals surface area contributed by atoms with Gasteiger partial charge in [-0.05, 0) is 6.42 Å².